The van der Waals surface area contributed by atoms with Gasteiger partial charge < -0.3 is 25.3 Å². The highest BCUT2D eigenvalue weighted by atomic mass is 16.4. The molecule has 0 spiro atoms. The van der Waals surface area contributed by atoms with Gasteiger partial charge in [-0.05, 0) is 26.8 Å². The third kappa shape index (κ3) is 5.58. The molecule has 0 saturated carbocycles. The van der Waals surface area contributed by atoms with E-state index < -0.39 is 24.0 Å². The molecule has 21 heavy (non-hydrogen) atoms. The van der Waals surface area contributed by atoms with E-state index in [0.29, 0.717) is 13.1 Å². The average molecular weight is 301 g/mol. The molecule has 8 heteroatoms. The molecule has 2 amide bonds. The van der Waals surface area contributed by atoms with Gasteiger partial charge in [0, 0.05) is 32.1 Å². The van der Waals surface area contributed by atoms with Crippen molar-refractivity contribution in [1.29, 1.82) is 0 Å². The molecule has 3 N–H and O–H groups in total. The lowest BCUT2D eigenvalue weighted by molar-refractivity contribution is -0.140. The van der Waals surface area contributed by atoms with Gasteiger partial charge >= 0.3 is 18.0 Å². The molecule has 1 heterocycles. The standard InChI is InChI=1S/C13H23N3O5/c1-9-8-16(7-6-15(9)2)13(21)14-10(12(19)20)4-3-5-11(17)18/h9-10H,3-8H2,1-2H3,(H,14,21)(H,17,18)(H,19,20)/t9?,10-/m1/s1. The zero-order valence-corrected chi connectivity index (χ0v) is 12.4. The predicted octanol–water partition coefficient (Wildman–Crippen LogP) is 0.0400. The van der Waals surface area contributed by atoms with Crippen LogP contribution < -0.4 is 5.32 Å². The van der Waals surface area contributed by atoms with E-state index >= 15 is 0 Å². The van der Waals surface area contributed by atoms with Gasteiger partial charge in [0.25, 0.3) is 0 Å². The fraction of sp³-hybridized carbons (Fsp3) is 0.769. The number of rotatable bonds is 6. The number of likely N-dealkylation sites (N-methyl/N-ethyl adjacent to an activating group) is 1. The number of carboxylic acid groups (broad SMARTS) is 2. The number of amides is 2. The summed E-state index contributed by atoms with van der Waals surface area (Å²) < 4.78 is 0. The molecular weight excluding hydrogens is 278 g/mol. The maximum atomic E-state index is 12.1. The van der Waals surface area contributed by atoms with Gasteiger partial charge in [0.15, 0.2) is 0 Å². The Balaban J connectivity index is 2.48. The summed E-state index contributed by atoms with van der Waals surface area (Å²) in [6.45, 7) is 3.84. The number of hydrogen-bond donors (Lipinski definition) is 3. The van der Waals surface area contributed by atoms with Crippen LogP contribution in [0.5, 0.6) is 0 Å². The van der Waals surface area contributed by atoms with Crippen molar-refractivity contribution in [1.82, 2.24) is 15.1 Å². The SMILES string of the molecule is CC1CN(C(=O)N[C@H](CCCC(=O)O)C(=O)O)CCN1C. The monoisotopic (exact) mass is 301 g/mol. The molecule has 0 aromatic carbocycles. The first-order valence-corrected chi connectivity index (χ1v) is 7.01. The molecule has 0 bridgehead atoms. The fourth-order valence-electron chi connectivity index (χ4n) is 2.19. The minimum absolute atomic E-state index is 0.106. The van der Waals surface area contributed by atoms with Gasteiger partial charge in [0.05, 0.1) is 0 Å². The molecule has 120 valence electrons. The first kappa shape index (κ1) is 17.2. The Labute approximate surface area is 123 Å². The summed E-state index contributed by atoms with van der Waals surface area (Å²) in [7, 11) is 1.98. The molecule has 1 saturated heterocycles. The first-order valence-electron chi connectivity index (χ1n) is 7.01. The summed E-state index contributed by atoms with van der Waals surface area (Å²) in [4.78, 5) is 37.4. The Kier molecular flexibility index (Phi) is 6.41. The van der Waals surface area contributed by atoms with Crippen LogP contribution in [0.4, 0.5) is 4.79 Å². The highest BCUT2D eigenvalue weighted by Gasteiger charge is 2.27. The minimum atomic E-state index is -1.14. The van der Waals surface area contributed by atoms with E-state index in [1.165, 1.54) is 0 Å². The molecule has 0 aliphatic carbocycles. The number of carbonyl (C=O) groups excluding carboxylic acids is 1. The summed E-state index contributed by atoms with van der Waals surface area (Å²) in [5, 5.41) is 20.1. The van der Waals surface area contributed by atoms with Crippen LogP contribution in [0.1, 0.15) is 26.2 Å². The molecule has 1 unspecified atom stereocenters. The highest BCUT2D eigenvalue weighted by Crippen LogP contribution is 2.08. The summed E-state index contributed by atoms with van der Waals surface area (Å²) in [6.07, 6.45) is 0.216. The van der Waals surface area contributed by atoms with E-state index in [2.05, 4.69) is 10.2 Å². The van der Waals surface area contributed by atoms with Crippen LogP contribution in [0.25, 0.3) is 0 Å². The molecule has 8 nitrogen and oxygen atoms in total. The maximum absolute atomic E-state index is 12.1. The number of hydrogen-bond acceptors (Lipinski definition) is 4. The van der Waals surface area contributed by atoms with Crippen molar-refractivity contribution in [3.05, 3.63) is 0 Å². The second-order valence-electron chi connectivity index (χ2n) is 5.40. The Morgan fingerprint density at radius 3 is 2.48 bits per heavy atom. The van der Waals surface area contributed by atoms with Gasteiger partial charge in [-0.3, -0.25) is 4.79 Å². The van der Waals surface area contributed by atoms with Crippen LogP contribution in [0.15, 0.2) is 0 Å². The van der Waals surface area contributed by atoms with E-state index in [9.17, 15) is 14.4 Å². The lowest BCUT2D eigenvalue weighted by Crippen LogP contribution is -2.56. The minimum Gasteiger partial charge on any atom is -0.481 e. The molecule has 1 rings (SSSR count). The zero-order chi connectivity index (χ0) is 16.0. The normalized spacial score (nSPS) is 20.9. The van der Waals surface area contributed by atoms with Crippen LogP contribution in [-0.2, 0) is 9.59 Å². The summed E-state index contributed by atoms with van der Waals surface area (Å²) in [5.74, 6) is -2.12. The largest absolute Gasteiger partial charge is 0.481 e. The van der Waals surface area contributed by atoms with E-state index in [4.69, 9.17) is 10.2 Å². The number of aliphatic carboxylic acids is 2. The molecule has 0 radical (unpaired) electrons. The lowest BCUT2D eigenvalue weighted by Gasteiger charge is -2.38. The molecule has 1 aliphatic rings. The van der Waals surface area contributed by atoms with Gasteiger partial charge in [-0.25, -0.2) is 9.59 Å². The second kappa shape index (κ2) is 7.82. The van der Waals surface area contributed by atoms with Crippen molar-refractivity contribution in [2.45, 2.75) is 38.3 Å². The zero-order valence-electron chi connectivity index (χ0n) is 12.4. The Morgan fingerprint density at radius 1 is 1.29 bits per heavy atom. The Bertz CT molecular complexity index is 401. The van der Waals surface area contributed by atoms with E-state index in [1.54, 1.807) is 4.90 Å². The first-order chi connectivity index (χ1) is 9.81. The molecule has 0 aromatic heterocycles. The number of carbonyl (C=O) groups is 3. The third-order valence-electron chi connectivity index (χ3n) is 3.73. The number of nitrogens with zero attached hydrogens (tertiary/aromatic N) is 2. The molecule has 1 aliphatic heterocycles. The number of urea groups is 1. The van der Waals surface area contributed by atoms with Crippen molar-refractivity contribution in [3.63, 3.8) is 0 Å². The maximum Gasteiger partial charge on any atom is 0.326 e. The highest BCUT2D eigenvalue weighted by molar-refractivity contribution is 5.82. The van der Waals surface area contributed by atoms with Gasteiger partial charge in [0.2, 0.25) is 0 Å². The van der Waals surface area contributed by atoms with Crippen LogP contribution in [0.3, 0.4) is 0 Å². The van der Waals surface area contributed by atoms with E-state index in [1.807, 2.05) is 14.0 Å². The smallest absolute Gasteiger partial charge is 0.326 e. The van der Waals surface area contributed by atoms with E-state index in [-0.39, 0.29) is 25.3 Å². The van der Waals surface area contributed by atoms with Crippen molar-refractivity contribution < 1.29 is 24.6 Å². The quantitative estimate of drug-likeness (QED) is 0.639. The van der Waals surface area contributed by atoms with Crippen LogP contribution in [-0.4, -0.2) is 76.7 Å². The Hall–Kier alpha value is -1.83. The van der Waals surface area contributed by atoms with Crippen LogP contribution >= 0.6 is 0 Å². The van der Waals surface area contributed by atoms with Crippen LogP contribution in [0, 0.1) is 0 Å². The third-order valence-corrected chi connectivity index (χ3v) is 3.73. The average Bonchev–Trinajstić information content (AvgIpc) is 2.40. The van der Waals surface area contributed by atoms with Crippen molar-refractivity contribution in [3.8, 4) is 0 Å². The van der Waals surface area contributed by atoms with E-state index in [0.717, 1.165) is 6.54 Å². The van der Waals surface area contributed by atoms with Gasteiger partial charge in [0.1, 0.15) is 6.04 Å². The summed E-state index contributed by atoms with van der Waals surface area (Å²) >= 11 is 0. The van der Waals surface area contributed by atoms with Crippen molar-refractivity contribution >= 4 is 18.0 Å². The second-order valence-corrected chi connectivity index (χ2v) is 5.40. The number of nitrogens with one attached hydrogen (secondary N) is 1. The lowest BCUT2D eigenvalue weighted by atomic mass is 10.1. The Morgan fingerprint density at radius 2 is 1.95 bits per heavy atom. The fourth-order valence-corrected chi connectivity index (χ4v) is 2.19. The van der Waals surface area contributed by atoms with Gasteiger partial charge in [-0.2, -0.15) is 0 Å². The van der Waals surface area contributed by atoms with Gasteiger partial charge in [-0.15, -0.1) is 0 Å². The molecular formula is C13H23N3O5. The predicted molar refractivity (Wildman–Crippen MR) is 75.1 cm³/mol. The molecule has 1 fully saturated rings. The molecule has 0 aromatic rings. The van der Waals surface area contributed by atoms with Crippen molar-refractivity contribution in [2.24, 2.45) is 0 Å². The number of piperazine rings is 1. The van der Waals surface area contributed by atoms with Gasteiger partial charge in [-0.1, -0.05) is 0 Å². The van der Waals surface area contributed by atoms with Crippen LogP contribution in [0.2, 0.25) is 0 Å². The topological polar surface area (TPSA) is 110 Å². The van der Waals surface area contributed by atoms with Crippen molar-refractivity contribution in [2.75, 3.05) is 26.7 Å². The number of carboxylic acids is 2. The summed E-state index contributed by atoms with van der Waals surface area (Å²) in [6, 6.07) is -1.23. The molecule has 2 atom stereocenters. The summed E-state index contributed by atoms with van der Waals surface area (Å²) in [5.41, 5.74) is 0.